The summed E-state index contributed by atoms with van der Waals surface area (Å²) < 4.78 is 4.81. The number of benzene rings is 3. The number of hydrogen-bond donors (Lipinski definition) is 4. The molecule has 0 saturated carbocycles. The first kappa shape index (κ1) is 32.8. The first-order valence-electron chi connectivity index (χ1n) is 16.9. The highest BCUT2D eigenvalue weighted by molar-refractivity contribution is 5.87. The topological polar surface area (TPSA) is 162 Å². The number of imidazole rings is 2. The Bertz CT molecular complexity index is 1950. The molecule has 3 aromatic carbocycles. The van der Waals surface area contributed by atoms with E-state index in [-0.39, 0.29) is 30.4 Å². The number of carbonyl (C=O) groups is 3. The van der Waals surface area contributed by atoms with Gasteiger partial charge in [0.15, 0.2) is 0 Å². The predicted molar refractivity (Wildman–Crippen MR) is 188 cm³/mol. The molecule has 3 atom stereocenters. The number of hydrogen-bond acceptors (Lipinski definition) is 7. The molecule has 0 bridgehead atoms. The molecule has 2 aliphatic rings. The number of aromatic nitrogens is 4. The molecule has 0 aliphatic carbocycles. The van der Waals surface area contributed by atoms with E-state index < -0.39 is 12.1 Å². The number of alkyl carbamates (subject to hydrolysis) is 1. The Morgan fingerprint density at radius 3 is 1.80 bits per heavy atom. The number of nitrogens with zero attached hydrogens (tertiary/aromatic N) is 4. The molecule has 256 valence electrons. The lowest BCUT2D eigenvalue weighted by molar-refractivity contribution is -0.134. The number of H-pyrrole nitrogens is 2. The molecular formula is C38H40N8O4. The summed E-state index contributed by atoms with van der Waals surface area (Å²) in [7, 11) is 1.28. The normalized spacial score (nSPS) is 17.9. The molecule has 7 rings (SSSR count). The molecule has 5 N–H and O–H groups in total. The van der Waals surface area contributed by atoms with Crippen molar-refractivity contribution in [1.29, 1.82) is 0 Å². The van der Waals surface area contributed by atoms with Crippen LogP contribution in [0, 0.1) is 0 Å². The Kier molecular flexibility index (Phi) is 9.43. The highest BCUT2D eigenvalue weighted by Crippen LogP contribution is 2.35. The number of ether oxygens (including phenoxy) is 1. The van der Waals surface area contributed by atoms with Gasteiger partial charge in [-0.1, -0.05) is 78.9 Å². The van der Waals surface area contributed by atoms with E-state index in [1.54, 1.807) is 11.1 Å². The van der Waals surface area contributed by atoms with Crippen molar-refractivity contribution >= 4 is 17.9 Å². The Balaban J connectivity index is 1.03. The van der Waals surface area contributed by atoms with Gasteiger partial charge in [0.25, 0.3) is 5.91 Å². The second kappa shape index (κ2) is 14.4. The smallest absolute Gasteiger partial charge is 0.407 e. The molecule has 0 radical (unpaired) electrons. The van der Waals surface area contributed by atoms with E-state index in [1.165, 1.54) is 7.11 Å². The minimum absolute atomic E-state index is 0.00564. The van der Waals surface area contributed by atoms with Crippen molar-refractivity contribution in [1.82, 2.24) is 35.1 Å². The van der Waals surface area contributed by atoms with Gasteiger partial charge in [-0.15, -0.1) is 0 Å². The fraction of sp³-hybridized carbons (Fsp3) is 0.289. The average molecular weight is 673 g/mol. The molecular weight excluding hydrogens is 632 g/mol. The minimum Gasteiger partial charge on any atom is -0.453 e. The van der Waals surface area contributed by atoms with Crippen LogP contribution in [0.25, 0.3) is 33.6 Å². The molecule has 0 unspecified atom stereocenters. The van der Waals surface area contributed by atoms with Crippen molar-refractivity contribution in [2.24, 2.45) is 5.73 Å². The second-order valence-corrected chi connectivity index (χ2v) is 12.6. The summed E-state index contributed by atoms with van der Waals surface area (Å²) in [6.07, 6.45) is 6.37. The fourth-order valence-electron chi connectivity index (χ4n) is 7.05. The molecule has 3 amide bonds. The van der Waals surface area contributed by atoms with Crippen molar-refractivity contribution < 1.29 is 19.1 Å². The Labute approximate surface area is 290 Å². The van der Waals surface area contributed by atoms with E-state index in [1.807, 2.05) is 41.4 Å². The largest absolute Gasteiger partial charge is 0.453 e. The molecule has 2 fully saturated rings. The fourth-order valence-corrected chi connectivity index (χ4v) is 7.05. The van der Waals surface area contributed by atoms with E-state index in [9.17, 15) is 14.4 Å². The Hall–Kier alpha value is -5.75. The Morgan fingerprint density at radius 2 is 1.28 bits per heavy atom. The van der Waals surface area contributed by atoms with Crippen LogP contribution < -0.4 is 11.1 Å². The van der Waals surface area contributed by atoms with E-state index in [2.05, 4.69) is 73.8 Å². The maximum absolute atomic E-state index is 13.8. The molecule has 2 aromatic heterocycles. The number of carbonyl (C=O) groups excluding carboxylic acids is 3. The quantitative estimate of drug-likeness (QED) is 0.160. The van der Waals surface area contributed by atoms with E-state index >= 15 is 0 Å². The summed E-state index contributed by atoms with van der Waals surface area (Å²) >= 11 is 0. The number of amides is 3. The SMILES string of the molecule is COC(=O)N[C@@H](C(=O)N1CCC[C@H]1c1ncc(-c2ccc(-c3ccc(-c4cnc([C@@H]5CCCN5C(=O)CN)[nH]4)cc3)cc2)[nH]1)c1ccccc1. The minimum atomic E-state index is -0.867. The zero-order chi connectivity index (χ0) is 34.6. The van der Waals surface area contributed by atoms with Crippen molar-refractivity contribution in [3.8, 4) is 33.6 Å². The Morgan fingerprint density at radius 1 is 0.780 bits per heavy atom. The van der Waals surface area contributed by atoms with Crippen molar-refractivity contribution in [3.05, 3.63) is 108 Å². The number of methoxy groups -OCH3 is 1. The molecule has 50 heavy (non-hydrogen) atoms. The van der Waals surface area contributed by atoms with Gasteiger partial charge in [-0.2, -0.15) is 0 Å². The van der Waals surface area contributed by atoms with Crippen molar-refractivity contribution in [2.75, 3.05) is 26.7 Å². The molecule has 4 heterocycles. The van der Waals surface area contributed by atoms with Gasteiger partial charge in [0.2, 0.25) is 5.91 Å². The van der Waals surface area contributed by atoms with Crippen LogP contribution in [0.5, 0.6) is 0 Å². The van der Waals surface area contributed by atoms with E-state index in [4.69, 9.17) is 10.5 Å². The van der Waals surface area contributed by atoms with Crippen LogP contribution in [0.2, 0.25) is 0 Å². The summed E-state index contributed by atoms with van der Waals surface area (Å²) in [5, 5.41) is 2.71. The third-order valence-electron chi connectivity index (χ3n) is 9.66. The third kappa shape index (κ3) is 6.61. The van der Waals surface area contributed by atoms with Crippen LogP contribution in [0.15, 0.2) is 91.3 Å². The van der Waals surface area contributed by atoms with Crippen LogP contribution in [-0.4, -0.2) is 74.4 Å². The molecule has 2 saturated heterocycles. The summed E-state index contributed by atoms with van der Waals surface area (Å²) in [5.41, 5.74) is 12.2. The monoisotopic (exact) mass is 672 g/mol. The van der Waals surface area contributed by atoms with Gasteiger partial charge in [0.05, 0.1) is 49.5 Å². The molecule has 0 spiro atoms. The highest BCUT2D eigenvalue weighted by Gasteiger charge is 2.37. The van der Waals surface area contributed by atoms with Crippen LogP contribution in [0.4, 0.5) is 4.79 Å². The van der Waals surface area contributed by atoms with Gasteiger partial charge in [-0.3, -0.25) is 9.59 Å². The summed E-state index contributed by atoms with van der Waals surface area (Å²) in [4.78, 5) is 58.0. The van der Waals surface area contributed by atoms with Gasteiger partial charge in [0.1, 0.15) is 17.7 Å². The van der Waals surface area contributed by atoms with Gasteiger partial charge in [0, 0.05) is 13.1 Å². The van der Waals surface area contributed by atoms with Gasteiger partial charge in [-0.25, -0.2) is 14.8 Å². The zero-order valence-electron chi connectivity index (χ0n) is 27.8. The van der Waals surface area contributed by atoms with Crippen molar-refractivity contribution in [3.63, 3.8) is 0 Å². The first-order valence-corrected chi connectivity index (χ1v) is 16.9. The maximum Gasteiger partial charge on any atom is 0.407 e. The van der Waals surface area contributed by atoms with Crippen LogP contribution in [0.1, 0.15) is 61.0 Å². The molecule has 12 heteroatoms. The summed E-state index contributed by atoms with van der Waals surface area (Å²) in [6.45, 7) is 1.28. The number of nitrogens with one attached hydrogen (secondary N) is 3. The van der Waals surface area contributed by atoms with Crippen LogP contribution >= 0.6 is 0 Å². The standard InChI is InChI=1S/C38H40N8O4/c1-50-38(49)44-34(28-7-3-2-4-8-28)37(48)46-20-6-10-32(46)36-41-23-30(43-36)27-17-13-25(14-18-27)24-11-15-26(16-12-24)29-22-40-35(42-29)31-9-5-19-45(31)33(47)21-39/h2-4,7-8,11-18,22-23,31-32,34H,5-6,9-10,19-21,39H2,1H3,(H,40,42)(H,41,43)(H,44,49)/t31-,32-,34+/m0/s1. The van der Waals surface area contributed by atoms with E-state index in [0.717, 1.165) is 65.1 Å². The number of rotatable bonds is 9. The van der Waals surface area contributed by atoms with Crippen LogP contribution in [-0.2, 0) is 14.3 Å². The lowest BCUT2D eigenvalue weighted by Crippen LogP contribution is -2.42. The van der Waals surface area contributed by atoms with Gasteiger partial charge < -0.3 is 35.6 Å². The molecule has 12 nitrogen and oxygen atoms in total. The summed E-state index contributed by atoms with van der Waals surface area (Å²) in [5.74, 6) is 1.25. The molecule has 2 aliphatic heterocycles. The molecule has 5 aromatic rings. The number of aromatic amines is 2. The average Bonchev–Trinajstić information content (AvgIpc) is 4.00. The van der Waals surface area contributed by atoms with Crippen molar-refractivity contribution in [2.45, 2.75) is 43.8 Å². The predicted octanol–water partition coefficient (Wildman–Crippen LogP) is 5.52. The third-order valence-corrected chi connectivity index (χ3v) is 9.66. The second-order valence-electron chi connectivity index (χ2n) is 12.6. The van der Waals surface area contributed by atoms with Gasteiger partial charge >= 0.3 is 6.09 Å². The lowest BCUT2D eigenvalue weighted by atomic mass is 10.0. The lowest BCUT2D eigenvalue weighted by Gasteiger charge is -2.28. The van der Waals surface area contributed by atoms with Gasteiger partial charge in [-0.05, 0) is 53.5 Å². The number of nitrogens with two attached hydrogens (primary N) is 1. The van der Waals surface area contributed by atoms with E-state index in [0.29, 0.717) is 24.5 Å². The highest BCUT2D eigenvalue weighted by atomic mass is 16.5. The number of likely N-dealkylation sites (tertiary alicyclic amines) is 2. The van der Waals surface area contributed by atoms with Crippen LogP contribution in [0.3, 0.4) is 0 Å². The zero-order valence-corrected chi connectivity index (χ0v) is 27.8. The maximum atomic E-state index is 13.8. The summed E-state index contributed by atoms with van der Waals surface area (Å²) in [6, 6.07) is 24.6. The first-order chi connectivity index (χ1) is 24.4.